The van der Waals surface area contributed by atoms with Crippen LogP contribution in [0.2, 0.25) is 0 Å². The van der Waals surface area contributed by atoms with Gasteiger partial charge in [-0.15, -0.1) is 11.3 Å². The van der Waals surface area contributed by atoms with E-state index in [0.29, 0.717) is 6.04 Å². The van der Waals surface area contributed by atoms with Crippen molar-refractivity contribution in [1.29, 1.82) is 0 Å². The van der Waals surface area contributed by atoms with Crippen LogP contribution in [-0.4, -0.2) is 55.6 Å². The first-order valence-electron chi connectivity index (χ1n) is 8.03. The minimum atomic E-state index is 0.602. The molecule has 2 saturated heterocycles. The van der Waals surface area contributed by atoms with Crippen molar-refractivity contribution in [3.63, 3.8) is 0 Å². The molecule has 0 bridgehead atoms. The molecule has 20 heavy (non-hydrogen) atoms. The van der Waals surface area contributed by atoms with Crippen LogP contribution in [0.15, 0.2) is 17.5 Å². The summed E-state index contributed by atoms with van der Waals surface area (Å²) in [4.78, 5) is 6.91. The molecule has 0 saturated carbocycles. The lowest BCUT2D eigenvalue weighted by atomic mass is 9.98. The van der Waals surface area contributed by atoms with Crippen molar-refractivity contribution in [3.8, 4) is 0 Å². The fourth-order valence-corrected chi connectivity index (χ4v) is 4.20. The van der Waals surface area contributed by atoms with E-state index in [1.54, 1.807) is 4.88 Å². The summed E-state index contributed by atoms with van der Waals surface area (Å²) in [6.07, 6.45) is 2.75. The van der Waals surface area contributed by atoms with Gasteiger partial charge in [0.2, 0.25) is 0 Å². The van der Waals surface area contributed by atoms with Gasteiger partial charge < -0.3 is 10.2 Å². The maximum Gasteiger partial charge on any atom is 0.0569 e. The molecular formula is C16H27N3S. The maximum absolute atomic E-state index is 3.47. The van der Waals surface area contributed by atoms with Crippen LogP contribution in [0.5, 0.6) is 0 Å². The fraction of sp³-hybridized carbons (Fsp3) is 0.750. The summed E-state index contributed by atoms with van der Waals surface area (Å²) < 4.78 is 0. The minimum absolute atomic E-state index is 0.602. The Morgan fingerprint density at radius 2 is 2.00 bits per heavy atom. The zero-order chi connectivity index (χ0) is 13.8. The van der Waals surface area contributed by atoms with Gasteiger partial charge in [0.05, 0.1) is 6.04 Å². The van der Waals surface area contributed by atoms with Crippen molar-refractivity contribution < 1.29 is 0 Å². The van der Waals surface area contributed by atoms with Gasteiger partial charge in [-0.1, -0.05) is 13.0 Å². The number of hydrogen-bond donors (Lipinski definition) is 1. The number of hydrogen-bond acceptors (Lipinski definition) is 4. The second-order valence-corrected chi connectivity index (χ2v) is 7.28. The van der Waals surface area contributed by atoms with Crippen molar-refractivity contribution in [1.82, 2.24) is 15.1 Å². The van der Waals surface area contributed by atoms with Crippen LogP contribution < -0.4 is 5.32 Å². The summed E-state index contributed by atoms with van der Waals surface area (Å²) in [5.74, 6) is 0.922. The summed E-state index contributed by atoms with van der Waals surface area (Å²) in [5, 5.41) is 5.70. The van der Waals surface area contributed by atoms with Gasteiger partial charge in [0.15, 0.2) is 0 Å². The second-order valence-electron chi connectivity index (χ2n) is 6.30. The highest BCUT2D eigenvalue weighted by Crippen LogP contribution is 2.28. The Morgan fingerprint density at radius 3 is 2.65 bits per heavy atom. The molecule has 112 valence electrons. The molecule has 1 N–H and O–H groups in total. The topological polar surface area (TPSA) is 18.5 Å². The standard InChI is InChI=1S/C16H27N3S/c1-14-4-8-18(9-5-14)13-15(16-3-2-12-20-16)19-10-6-17-7-11-19/h2-3,12,14-15,17H,4-11,13H2,1H3. The van der Waals surface area contributed by atoms with Crippen LogP contribution in [0.25, 0.3) is 0 Å². The number of nitrogens with zero attached hydrogens (tertiary/aromatic N) is 2. The van der Waals surface area contributed by atoms with Crippen molar-refractivity contribution >= 4 is 11.3 Å². The van der Waals surface area contributed by atoms with Crippen molar-refractivity contribution in [2.24, 2.45) is 5.92 Å². The van der Waals surface area contributed by atoms with Gasteiger partial charge in [-0.2, -0.15) is 0 Å². The number of piperazine rings is 1. The fourth-order valence-electron chi connectivity index (χ4n) is 3.35. The van der Waals surface area contributed by atoms with Gasteiger partial charge in [0.1, 0.15) is 0 Å². The molecular weight excluding hydrogens is 266 g/mol. The van der Waals surface area contributed by atoms with E-state index < -0.39 is 0 Å². The molecule has 1 aromatic heterocycles. The summed E-state index contributed by atoms with van der Waals surface area (Å²) >= 11 is 1.93. The molecule has 0 spiro atoms. The molecule has 3 heterocycles. The molecule has 0 aliphatic carbocycles. The van der Waals surface area contributed by atoms with Crippen LogP contribution in [0, 0.1) is 5.92 Å². The van der Waals surface area contributed by atoms with E-state index >= 15 is 0 Å². The van der Waals surface area contributed by atoms with Crippen molar-refractivity contribution in [2.75, 3.05) is 45.8 Å². The van der Waals surface area contributed by atoms with Crippen LogP contribution in [0.3, 0.4) is 0 Å². The number of nitrogens with one attached hydrogen (secondary N) is 1. The number of rotatable bonds is 4. The highest BCUT2D eigenvalue weighted by molar-refractivity contribution is 7.10. The Kier molecular flexibility index (Phi) is 5.10. The second kappa shape index (κ2) is 7.03. The van der Waals surface area contributed by atoms with E-state index in [9.17, 15) is 0 Å². The number of piperidine rings is 1. The lowest BCUT2D eigenvalue weighted by Gasteiger charge is -2.39. The molecule has 4 heteroatoms. The SMILES string of the molecule is CC1CCN(CC(c2cccs2)N2CCNCC2)CC1. The average Bonchev–Trinajstić information content (AvgIpc) is 3.01. The number of likely N-dealkylation sites (tertiary alicyclic amines) is 1. The normalized spacial score (nSPS) is 24.9. The monoisotopic (exact) mass is 293 g/mol. The predicted molar refractivity (Wildman–Crippen MR) is 86.3 cm³/mol. The van der Waals surface area contributed by atoms with Gasteiger partial charge >= 0.3 is 0 Å². The Labute approximate surface area is 127 Å². The van der Waals surface area contributed by atoms with E-state index in [0.717, 1.165) is 19.0 Å². The van der Waals surface area contributed by atoms with E-state index in [1.807, 2.05) is 11.3 Å². The smallest absolute Gasteiger partial charge is 0.0569 e. The molecule has 2 fully saturated rings. The van der Waals surface area contributed by atoms with Gasteiger partial charge in [0.25, 0.3) is 0 Å². The van der Waals surface area contributed by atoms with Gasteiger partial charge in [-0.05, 0) is 43.3 Å². The van der Waals surface area contributed by atoms with E-state index in [4.69, 9.17) is 0 Å². The summed E-state index contributed by atoms with van der Waals surface area (Å²) in [5.41, 5.74) is 0. The Hall–Kier alpha value is -0.420. The molecule has 1 unspecified atom stereocenters. The lowest BCUT2D eigenvalue weighted by Crippen LogP contribution is -2.48. The van der Waals surface area contributed by atoms with Gasteiger partial charge in [0, 0.05) is 37.6 Å². The minimum Gasteiger partial charge on any atom is -0.314 e. The molecule has 3 nitrogen and oxygen atoms in total. The molecule has 0 amide bonds. The van der Waals surface area contributed by atoms with Crippen LogP contribution in [0.1, 0.15) is 30.7 Å². The molecule has 0 aromatic carbocycles. The predicted octanol–water partition coefficient (Wildman–Crippen LogP) is 2.43. The van der Waals surface area contributed by atoms with E-state index in [1.165, 1.54) is 45.6 Å². The van der Waals surface area contributed by atoms with E-state index in [2.05, 4.69) is 39.6 Å². The Bertz CT molecular complexity index is 378. The lowest BCUT2D eigenvalue weighted by molar-refractivity contribution is 0.106. The highest BCUT2D eigenvalue weighted by Gasteiger charge is 2.26. The van der Waals surface area contributed by atoms with Crippen LogP contribution in [-0.2, 0) is 0 Å². The highest BCUT2D eigenvalue weighted by atomic mass is 32.1. The zero-order valence-corrected chi connectivity index (χ0v) is 13.4. The first-order chi connectivity index (χ1) is 9.83. The van der Waals surface area contributed by atoms with Crippen LogP contribution in [0.4, 0.5) is 0 Å². The first kappa shape index (κ1) is 14.5. The molecule has 2 aliphatic rings. The third-order valence-electron chi connectivity index (χ3n) is 4.77. The first-order valence-corrected chi connectivity index (χ1v) is 8.91. The van der Waals surface area contributed by atoms with Crippen molar-refractivity contribution in [2.45, 2.75) is 25.8 Å². The average molecular weight is 293 g/mol. The molecule has 1 aromatic rings. The van der Waals surface area contributed by atoms with Crippen molar-refractivity contribution in [3.05, 3.63) is 22.4 Å². The van der Waals surface area contributed by atoms with E-state index in [-0.39, 0.29) is 0 Å². The molecule has 3 rings (SSSR count). The van der Waals surface area contributed by atoms with Crippen LogP contribution >= 0.6 is 11.3 Å². The van der Waals surface area contributed by atoms with Gasteiger partial charge in [-0.3, -0.25) is 4.90 Å². The summed E-state index contributed by atoms with van der Waals surface area (Å²) in [7, 11) is 0. The molecule has 2 aliphatic heterocycles. The third kappa shape index (κ3) is 3.61. The quantitative estimate of drug-likeness (QED) is 0.920. The number of thiophene rings is 1. The zero-order valence-electron chi connectivity index (χ0n) is 12.6. The Morgan fingerprint density at radius 1 is 1.25 bits per heavy atom. The Balaban J connectivity index is 1.65. The molecule has 1 atom stereocenters. The van der Waals surface area contributed by atoms with Gasteiger partial charge in [-0.25, -0.2) is 0 Å². The summed E-state index contributed by atoms with van der Waals surface area (Å²) in [6, 6.07) is 5.13. The molecule has 0 radical (unpaired) electrons. The summed E-state index contributed by atoms with van der Waals surface area (Å²) in [6.45, 7) is 10.8. The third-order valence-corrected chi connectivity index (χ3v) is 5.74. The maximum atomic E-state index is 3.47. The largest absolute Gasteiger partial charge is 0.314 e.